The van der Waals surface area contributed by atoms with Gasteiger partial charge in [-0.3, -0.25) is 14.2 Å². The van der Waals surface area contributed by atoms with Crippen LogP contribution in [0.1, 0.15) is 24.5 Å². The minimum Gasteiger partial charge on any atom is -0.388 e. The Morgan fingerprint density at radius 2 is 1.66 bits per heavy atom. The van der Waals surface area contributed by atoms with Crippen molar-refractivity contribution in [3.05, 3.63) is 95.2 Å². The van der Waals surface area contributed by atoms with Crippen LogP contribution in [0.2, 0.25) is 0 Å². The second-order valence-electron chi connectivity index (χ2n) is 9.98. The average molecular weight is 515 g/mol. The minimum atomic E-state index is -1.12. The van der Waals surface area contributed by atoms with E-state index in [-0.39, 0.29) is 18.0 Å². The summed E-state index contributed by atoms with van der Waals surface area (Å²) < 4.78 is 15.1. The van der Waals surface area contributed by atoms with Gasteiger partial charge in [-0.15, -0.1) is 0 Å². The van der Waals surface area contributed by atoms with Crippen molar-refractivity contribution in [3.63, 3.8) is 0 Å². The molecular weight excluding hydrogens is 484 g/mol. The van der Waals surface area contributed by atoms with E-state index in [0.717, 1.165) is 11.3 Å². The van der Waals surface area contributed by atoms with Gasteiger partial charge in [-0.05, 0) is 36.6 Å². The number of ether oxygens (including phenoxy) is 2. The average Bonchev–Trinajstić information content (AvgIpc) is 3.40. The number of carbonyl (C=O) groups is 1. The molecule has 1 amide bonds. The monoisotopic (exact) mass is 514 g/mol. The van der Waals surface area contributed by atoms with E-state index >= 15 is 0 Å². The van der Waals surface area contributed by atoms with Gasteiger partial charge in [0.2, 0.25) is 0 Å². The van der Waals surface area contributed by atoms with E-state index in [2.05, 4.69) is 4.98 Å². The zero-order valence-corrected chi connectivity index (χ0v) is 21.0. The third-order valence-corrected chi connectivity index (χ3v) is 7.50. The van der Waals surface area contributed by atoms with E-state index in [9.17, 15) is 14.7 Å². The fourth-order valence-electron chi connectivity index (χ4n) is 5.40. The van der Waals surface area contributed by atoms with Crippen LogP contribution in [0.15, 0.2) is 84.0 Å². The summed E-state index contributed by atoms with van der Waals surface area (Å²) in [6.45, 7) is 1.65. The number of hydrogen-bond donors (Lipinski definition) is 1. The Bertz CT molecular complexity index is 1480. The number of aromatic nitrogens is 3. The molecule has 4 heterocycles. The first-order chi connectivity index (χ1) is 18.5. The molecule has 9 heteroatoms. The molecule has 2 aliphatic rings. The zero-order valence-electron chi connectivity index (χ0n) is 21.0. The lowest BCUT2D eigenvalue weighted by Gasteiger charge is -2.41. The highest BCUT2D eigenvalue weighted by Gasteiger charge is 2.41. The van der Waals surface area contributed by atoms with Crippen LogP contribution in [0.25, 0.3) is 16.7 Å². The van der Waals surface area contributed by atoms with Crippen molar-refractivity contribution in [2.75, 3.05) is 26.3 Å². The van der Waals surface area contributed by atoms with Gasteiger partial charge in [0.15, 0.2) is 11.8 Å². The van der Waals surface area contributed by atoms with Gasteiger partial charge in [-0.2, -0.15) is 0 Å². The molecule has 2 aromatic heterocycles. The number of aliphatic hydroxyl groups is 1. The normalized spacial score (nSPS) is 21.4. The lowest BCUT2D eigenvalue weighted by molar-refractivity contribution is -0.178. The van der Waals surface area contributed by atoms with Crippen LogP contribution in [-0.4, -0.2) is 68.0 Å². The second-order valence-corrected chi connectivity index (χ2v) is 9.98. The lowest BCUT2D eigenvalue weighted by atomic mass is 9.90. The maximum Gasteiger partial charge on any atom is 0.262 e. The molecule has 0 radical (unpaired) electrons. The fourth-order valence-corrected chi connectivity index (χ4v) is 5.40. The predicted molar refractivity (Wildman–Crippen MR) is 141 cm³/mol. The van der Waals surface area contributed by atoms with Crippen LogP contribution < -0.4 is 5.56 Å². The lowest BCUT2D eigenvalue weighted by Crippen LogP contribution is -2.53. The van der Waals surface area contributed by atoms with Crippen molar-refractivity contribution in [2.24, 2.45) is 0 Å². The van der Waals surface area contributed by atoms with Crippen LogP contribution in [-0.2, 0) is 20.8 Å². The molecule has 2 fully saturated rings. The van der Waals surface area contributed by atoms with Gasteiger partial charge < -0.3 is 24.0 Å². The predicted octanol–water partition coefficient (Wildman–Crippen LogP) is 2.70. The summed E-state index contributed by atoms with van der Waals surface area (Å²) in [5.74, 6) is -0.136. The van der Waals surface area contributed by atoms with Crippen molar-refractivity contribution in [1.29, 1.82) is 0 Å². The molecule has 0 bridgehead atoms. The third kappa shape index (κ3) is 4.64. The molecule has 9 nitrogen and oxygen atoms in total. The van der Waals surface area contributed by atoms with E-state index in [4.69, 9.17) is 9.47 Å². The summed E-state index contributed by atoms with van der Waals surface area (Å²) in [5, 5.41) is 11.9. The summed E-state index contributed by atoms with van der Waals surface area (Å²) in [6, 6.07) is 21.1. The Kier molecular flexibility index (Phi) is 6.57. The molecule has 2 saturated heterocycles. The molecule has 4 aromatic rings. The number of rotatable bonds is 5. The number of fused-ring (bicyclic) bond motifs is 1. The summed E-state index contributed by atoms with van der Waals surface area (Å²) in [4.78, 5) is 32.9. The van der Waals surface area contributed by atoms with Crippen molar-refractivity contribution in [2.45, 2.75) is 37.2 Å². The van der Waals surface area contributed by atoms with Gasteiger partial charge in [0.1, 0.15) is 12.4 Å². The molecule has 2 atom stereocenters. The van der Waals surface area contributed by atoms with Crippen LogP contribution >= 0.6 is 0 Å². The van der Waals surface area contributed by atoms with Gasteiger partial charge in [-0.25, -0.2) is 4.98 Å². The number of hydrogen-bond acceptors (Lipinski definition) is 6. The molecule has 6 rings (SSSR count). The standard InChI is InChI=1S/C29H30N4O5/c34-27-23-11-14-33(22-9-5-2-6-10-22)26(23)30-20-32(27)19-29(36)12-15-31(16-13-29)28(35)25-24(37-17-18-38-25)21-7-3-1-4-8-21/h1-11,14,20,24-25,36H,12-13,15-19H2/t24-,25-/m0/s1. The largest absolute Gasteiger partial charge is 0.388 e. The molecule has 2 aliphatic heterocycles. The number of para-hydroxylation sites is 1. The van der Waals surface area contributed by atoms with Gasteiger partial charge in [0.25, 0.3) is 11.5 Å². The minimum absolute atomic E-state index is 0.114. The number of likely N-dealkylation sites (tertiary alicyclic amines) is 1. The highest BCUT2D eigenvalue weighted by atomic mass is 16.6. The van der Waals surface area contributed by atoms with Crippen LogP contribution in [0, 0.1) is 0 Å². The van der Waals surface area contributed by atoms with Crippen LogP contribution in [0.4, 0.5) is 0 Å². The summed E-state index contributed by atoms with van der Waals surface area (Å²) in [6.07, 6.45) is 2.84. The topological polar surface area (TPSA) is 98.8 Å². The van der Waals surface area contributed by atoms with Gasteiger partial charge >= 0.3 is 0 Å². The SMILES string of the molecule is O=C([C@H]1OCCO[C@H]1c1ccccc1)N1CCC(O)(Cn2cnc3c(ccn3-c3ccccc3)c2=O)CC1. The number of piperidine rings is 1. The zero-order chi connectivity index (χ0) is 26.1. The Balaban J connectivity index is 1.15. The summed E-state index contributed by atoms with van der Waals surface area (Å²) in [5.41, 5.74) is 1.08. The molecule has 0 spiro atoms. The Labute approximate surface area is 219 Å². The van der Waals surface area contributed by atoms with E-state index in [1.807, 2.05) is 71.4 Å². The van der Waals surface area contributed by atoms with Crippen molar-refractivity contribution >= 4 is 16.9 Å². The quantitative estimate of drug-likeness (QED) is 0.440. The summed E-state index contributed by atoms with van der Waals surface area (Å²) in [7, 11) is 0. The van der Waals surface area contributed by atoms with E-state index in [1.54, 1.807) is 11.0 Å². The highest BCUT2D eigenvalue weighted by molar-refractivity contribution is 5.82. The molecular formula is C29H30N4O5. The molecule has 38 heavy (non-hydrogen) atoms. The third-order valence-electron chi connectivity index (χ3n) is 7.50. The van der Waals surface area contributed by atoms with Crippen LogP contribution in [0.3, 0.4) is 0 Å². The Morgan fingerprint density at radius 1 is 0.974 bits per heavy atom. The first-order valence-electron chi connectivity index (χ1n) is 12.9. The van der Waals surface area contributed by atoms with Gasteiger partial charge in [0.05, 0.1) is 30.7 Å². The summed E-state index contributed by atoms with van der Waals surface area (Å²) >= 11 is 0. The number of carbonyl (C=O) groups excluding carboxylic acids is 1. The molecule has 196 valence electrons. The van der Waals surface area contributed by atoms with Crippen molar-refractivity contribution in [1.82, 2.24) is 19.0 Å². The van der Waals surface area contributed by atoms with Gasteiger partial charge in [0, 0.05) is 25.0 Å². The smallest absolute Gasteiger partial charge is 0.262 e. The second kappa shape index (κ2) is 10.2. The van der Waals surface area contributed by atoms with E-state index in [0.29, 0.717) is 50.2 Å². The maximum atomic E-state index is 13.4. The number of nitrogens with zero attached hydrogens (tertiary/aromatic N) is 4. The fraction of sp³-hybridized carbons (Fsp3) is 0.345. The number of benzene rings is 2. The van der Waals surface area contributed by atoms with Crippen LogP contribution in [0.5, 0.6) is 0 Å². The molecule has 2 aromatic carbocycles. The molecule has 1 N–H and O–H groups in total. The molecule has 0 aliphatic carbocycles. The Morgan fingerprint density at radius 3 is 2.39 bits per heavy atom. The first-order valence-corrected chi connectivity index (χ1v) is 12.9. The van der Waals surface area contributed by atoms with Gasteiger partial charge in [-0.1, -0.05) is 48.5 Å². The Hall–Kier alpha value is -3.79. The first kappa shape index (κ1) is 24.5. The number of amides is 1. The maximum absolute atomic E-state index is 13.4. The van der Waals surface area contributed by atoms with Crippen molar-refractivity contribution in [3.8, 4) is 5.69 Å². The molecule has 0 unspecified atom stereocenters. The van der Waals surface area contributed by atoms with E-state index < -0.39 is 17.8 Å². The van der Waals surface area contributed by atoms with Crippen molar-refractivity contribution < 1.29 is 19.4 Å². The van der Waals surface area contributed by atoms with E-state index in [1.165, 1.54) is 10.9 Å². The highest BCUT2D eigenvalue weighted by Crippen LogP contribution is 2.30. The molecule has 0 saturated carbocycles.